The van der Waals surface area contributed by atoms with E-state index >= 15 is 61.5 Å². The zero-order chi connectivity index (χ0) is 61.1. The summed E-state index contributed by atoms with van der Waals surface area (Å²) < 4.78 is 498. The fraction of sp³-hybridized carbons (Fsp3) is 0.429. The van der Waals surface area contributed by atoms with Gasteiger partial charge in [-0.1, -0.05) is 72.8 Å². The van der Waals surface area contributed by atoms with Gasteiger partial charge < -0.3 is 0 Å². The van der Waals surface area contributed by atoms with Crippen LogP contribution in [0.4, 0.5) is 149 Å². The predicted molar refractivity (Wildman–Crippen MR) is 193 cm³/mol. The highest BCUT2D eigenvalue weighted by Crippen LogP contribution is 2.70. The maximum absolute atomic E-state index is 17.6. The van der Waals surface area contributed by atoms with Crippen LogP contribution in [0.2, 0.25) is 0 Å². The van der Waals surface area contributed by atoms with Crippen LogP contribution in [0.15, 0.2) is 90.5 Å². The van der Waals surface area contributed by atoms with E-state index in [0.29, 0.717) is 30.3 Å². The first-order valence-electron chi connectivity index (χ1n) is 19.6. The number of hydrogen-bond donors (Lipinski definition) is 0. The van der Waals surface area contributed by atoms with E-state index in [-0.39, 0.29) is 18.2 Å². The number of rotatable bonds is 19. The third kappa shape index (κ3) is 8.28. The molecule has 0 aromatic heterocycles. The molecule has 4 rings (SSSR count). The standard InChI is InChI=1S/C42H18F34O2/c43-27(44,29(47,48)31(51,52)33(55,56)35(59,60)37(63,64)39(67,68)41(71,72)73)21-12-13-26(24-14-18(16-77)10-11-20(24)17-78,25(15-21)23-9-5-4-8-22(23)19-6-2-1-3-7-19)28(45,46)30(49,50)32(53,54)34(57,58)36(61,62)38(65,66)40(69,70)42(74,75)76/h1-12,14-17H,13H2. The molecule has 0 bridgehead atoms. The van der Waals surface area contributed by atoms with Gasteiger partial charge in [-0.25, -0.2) is 0 Å². The van der Waals surface area contributed by atoms with Crippen molar-refractivity contribution in [1.29, 1.82) is 0 Å². The lowest BCUT2D eigenvalue weighted by atomic mass is 9.58. The van der Waals surface area contributed by atoms with Crippen LogP contribution in [0.5, 0.6) is 0 Å². The SMILES string of the molecule is O=Cc1ccc(C=O)c(C2(C(F)(F)C(F)(F)C(F)(F)C(F)(F)C(F)(F)C(F)(F)C(F)(F)C(F)(F)F)CC=C(C(F)(F)C(F)(F)C(F)(F)C(F)(F)C(F)(F)C(F)(F)C(F)(F)C(F)(F)F)C=C2c2ccccc2-c2ccccc2)c1. The van der Waals surface area contributed by atoms with Gasteiger partial charge in [0.15, 0.2) is 0 Å². The minimum absolute atomic E-state index is 0.0343. The first-order chi connectivity index (χ1) is 34.5. The average Bonchev–Trinajstić information content (AvgIpc) is 3.32. The Morgan fingerprint density at radius 2 is 0.731 bits per heavy atom. The Morgan fingerprint density at radius 1 is 0.372 bits per heavy atom. The molecular formula is C42H18F34O2. The summed E-state index contributed by atoms with van der Waals surface area (Å²) in [7, 11) is 0. The zero-order valence-corrected chi connectivity index (χ0v) is 36.1. The molecule has 36 heteroatoms. The Bertz CT molecular complexity index is 2820. The molecule has 3 aromatic carbocycles. The molecule has 0 amide bonds. The van der Waals surface area contributed by atoms with Crippen molar-refractivity contribution in [2.24, 2.45) is 0 Å². The lowest BCUT2D eigenvalue weighted by Crippen LogP contribution is -2.76. The Balaban J connectivity index is 2.29. The number of carbonyl (C=O) groups excluding carboxylic acids is 2. The Kier molecular flexibility index (Phi) is 15.4. The molecule has 0 heterocycles. The predicted octanol–water partition coefficient (Wildman–Crippen LogP) is 16.6. The van der Waals surface area contributed by atoms with Gasteiger partial charge in [-0.2, -0.15) is 149 Å². The Hall–Kier alpha value is -5.90. The summed E-state index contributed by atoms with van der Waals surface area (Å²) in [6, 6.07) is 4.83. The van der Waals surface area contributed by atoms with Gasteiger partial charge in [0.1, 0.15) is 12.6 Å². The summed E-state index contributed by atoms with van der Waals surface area (Å²) >= 11 is 0. The highest BCUT2D eigenvalue weighted by Gasteiger charge is 2.98. The molecule has 1 aliphatic carbocycles. The fourth-order valence-corrected chi connectivity index (χ4v) is 7.44. The monoisotopic (exact) mass is 1200 g/mol. The highest BCUT2D eigenvalue weighted by atomic mass is 19.4. The molecule has 1 unspecified atom stereocenters. The van der Waals surface area contributed by atoms with Gasteiger partial charge >= 0.3 is 95.3 Å². The number of carbonyl (C=O) groups is 2. The van der Waals surface area contributed by atoms with Crippen molar-refractivity contribution >= 4 is 18.1 Å². The van der Waals surface area contributed by atoms with E-state index in [1.807, 2.05) is 0 Å². The molecule has 0 N–H and O–H groups in total. The molecular weight excluding hydrogens is 1180 g/mol. The van der Waals surface area contributed by atoms with Crippen molar-refractivity contribution in [3.8, 4) is 11.1 Å². The van der Waals surface area contributed by atoms with Crippen LogP contribution in [-0.4, -0.2) is 108 Å². The van der Waals surface area contributed by atoms with Crippen LogP contribution >= 0.6 is 0 Å². The number of halogens is 34. The van der Waals surface area contributed by atoms with Crippen molar-refractivity contribution in [2.75, 3.05) is 0 Å². The van der Waals surface area contributed by atoms with Crippen molar-refractivity contribution < 1.29 is 159 Å². The summed E-state index contributed by atoms with van der Waals surface area (Å²) in [6.45, 7) is 0. The minimum atomic E-state index is -9.49. The van der Waals surface area contributed by atoms with Crippen LogP contribution in [0.3, 0.4) is 0 Å². The number of aldehydes is 2. The maximum Gasteiger partial charge on any atom is 0.460 e. The molecule has 3 aromatic rings. The van der Waals surface area contributed by atoms with E-state index in [9.17, 15) is 97.4 Å². The largest absolute Gasteiger partial charge is 0.460 e. The summed E-state index contributed by atoms with van der Waals surface area (Å²) in [5, 5.41) is 0. The molecule has 0 spiro atoms. The summed E-state index contributed by atoms with van der Waals surface area (Å²) in [6.07, 6.45) is -24.8. The van der Waals surface area contributed by atoms with Gasteiger partial charge in [0.05, 0.1) is 5.41 Å². The van der Waals surface area contributed by atoms with Crippen LogP contribution in [0.1, 0.15) is 38.3 Å². The molecule has 2 nitrogen and oxygen atoms in total. The van der Waals surface area contributed by atoms with E-state index in [0.717, 1.165) is 18.2 Å². The van der Waals surface area contributed by atoms with Gasteiger partial charge in [0.25, 0.3) is 0 Å². The lowest BCUT2D eigenvalue weighted by Gasteiger charge is -2.50. The average molecular weight is 1200 g/mol. The van der Waals surface area contributed by atoms with Gasteiger partial charge in [-0.15, -0.1) is 0 Å². The number of hydrogen-bond acceptors (Lipinski definition) is 2. The second-order valence-corrected chi connectivity index (χ2v) is 16.4. The number of alkyl halides is 34. The number of allylic oxidation sites excluding steroid dienone is 4. The minimum Gasteiger partial charge on any atom is -0.298 e. The second-order valence-electron chi connectivity index (χ2n) is 16.4. The van der Waals surface area contributed by atoms with Gasteiger partial charge in [-0.05, 0) is 46.4 Å². The first kappa shape index (κ1) is 64.6. The zero-order valence-electron chi connectivity index (χ0n) is 36.1. The van der Waals surface area contributed by atoms with Gasteiger partial charge in [-0.3, -0.25) is 9.59 Å². The van der Waals surface area contributed by atoms with Crippen LogP contribution in [-0.2, 0) is 5.41 Å². The maximum atomic E-state index is 17.6. The fourth-order valence-electron chi connectivity index (χ4n) is 7.44. The first-order valence-corrected chi connectivity index (χ1v) is 19.6. The molecule has 0 saturated carbocycles. The third-order valence-electron chi connectivity index (χ3n) is 11.8. The molecule has 436 valence electrons. The third-order valence-corrected chi connectivity index (χ3v) is 11.8. The van der Waals surface area contributed by atoms with E-state index in [4.69, 9.17) is 0 Å². The van der Waals surface area contributed by atoms with E-state index in [2.05, 4.69) is 0 Å². The van der Waals surface area contributed by atoms with Crippen LogP contribution in [0, 0.1) is 0 Å². The quantitative estimate of drug-likeness (QED) is 0.0885. The van der Waals surface area contributed by atoms with Crippen LogP contribution < -0.4 is 0 Å². The van der Waals surface area contributed by atoms with Crippen molar-refractivity contribution in [2.45, 2.75) is 107 Å². The summed E-state index contributed by atoms with van der Waals surface area (Å²) in [4.78, 5) is 24.2. The molecule has 0 saturated heterocycles. The van der Waals surface area contributed by atoms with Crippen LogP contribution in [0.25, 0.3) is 16.7 Å². The normalized spacial score (nSPS) is 18.1. The molecule has 0 aliphatic heterocycles. The molecule has 1 aliphatic rings. The summed E-state index contributed by atoms with van der Waals surface area (Å²) in [5.41, 5.74) is -22.3. The Morgan fingerprint density at radius 3 is 1.12 bits per heavy atom. The molecule has 1 atom stereocenters. The Labute approximate surface area is 408 Å². The van der Waals surface area contributed by atoms with Gasteiger partial charge in [0, 0.05) is 16.7 Å². The van der Waals surface area contributed by atoms with E-state index in [1.54, 1.807) is 0 Å². The second kappa shape index (κ2) is 18.6. The van der Waals surface area contributed by atoms with Crippen molar-refractivity contribution in [3.63, 3.8) is 0 Å². The molecule has 78 heavy (non-hydrogen) atoms. The van der Waals surface area contributed by atoms with Crippen molar-refractivity contribution in [3.05, 3.63) is 113 Å². The highest BCUT2D eigenvalue weighted by molar-refractivity contribution is 5.92. The smallest absolute Gasteiger partial charge is 0.298 e. The number of benzene rings is 3. The molecule has 0 radical (unpaired) electrons. The molecule has 0 fully saturated rings. The van der Waals surface area contributed by atoms with Crippen molar-refractivity contribution in [1.82, 2.24) is 0 Å². The van der Waals surface area contributed by atoms with Gasteiger partial charge in [0.2, 0.25) is 0 Å². The van der Waals surface area contributed by atoms with E-state index in [1.165, 1.54) is 0 Å². The summed E-state index contributed by atoms with van der Waals surface area (Å²) in [5.74, 6) is -126. The van der Waals surface area contributed by atoms with E-state index < -0.39 is 182 Å². The lowest BCUT2D eigenvalue weighted by molar-refractivity contribution is -0.463. The topological polar surface area (TPSA) is 34.1 Å².